The molecule has 0 aliphatic rings. The molecule has 6 nitrogen and oxygen atoms in total. The molecule has 0 aliphatic heterocycles. The van der Waals surface area contributed by atoms with Gasteiger partial charge in [-0.2, -0.15) is 0 Å². The highest BCUT2D eigenvalue weighted by atomic mass is 16.5. The fourth-order valence-corrected chi connectivity index (χ4v) is 1.10. The second-order valence-electron chi connectivity index (χ2n) is 3.09. The van der Waals surface area contributed by atoms with E-state index in [4.69, 9.17) is 14.6 Å². The predicted octanol–water partition coefficient (Wildman–Crippen LogP) is 0.275. The van der Waals surface area contributed by atoms with Gasteiger partial charge in [-0.1, -0.05) is 6.07 Å². The molecule has 0 saturated carbocycles. The lowest BCUT2D eigenvalue weighted by Gasteiger charge is -2.07. The first-order valence-electron chi connectivity index (χ1n) is 4.91. The Hall–Kier alpha value is -2.24. The summed E-state index contributed by atoms with van der Waals surface area (Å²) < 4.78 is 10.3. The van der Waals surface area contributed by atoms with E-state index in [2.05, 4.69) is 5.32 Å². The Labute approximate surface area is 98.2 Å². The third kappa shape index (κ3) is 4.42. The molecule has 0 aliphatic carbocycles. The number of hydrogen-bond donors (Lipinski definition) is 2. The van der Waals surface area contributed by atoms with E-state index in [-0.39, 0.29) is 13.2 Å². The van der Waals surface area contributed by atoms with Gasteiger partial charge in [0.25, 0.3) is 0 Å². The van der Waals surface area contributed by atoms with E-state index < -0.39 is 11.9 Å². The van der Waals surface area contributed by atoms with Gasteiger partial charge in [-0.05, 0) is 12.1 Å². The molecule has 92 valence electrons. The predicted molar refractivity (Wildman–Crippen MR) is 59.1 cm³/mol. The highest BCUT2D eigenvalue weighted by Crippen LogP contribution is 2.18. The van der Waals surface area contributed by atoms with E-state index >= 15 is 0 Å². The van der Waals surface area contributed by atoms with Crippen LogP contribution in [-0.4, -0.2) is 37.2 Å². The number of aliphatic carboxylic acids is 1. The summed E-state index contributed by atoms with van der Waals surface area (Å²) in [7, 11) is 1.55. The summed E-state index contributed by atoms with van der Waals surface area (Å²) in [5, 5.41) is 10.5. The standard InChI is InChI=1S/C11H13NO5/c1-16-8-3-2-4-9(7-8)17-6-5-12-10(13)11(14)15/h2-4,7H,5-6H2,1H3,(H,12,13)(H,14,15). The van der Waals surface area contributed by atoms with Gasteiger partial charge in [0, 0.05) is 6.07 Å². The molecule has 6 heteroatoms. The van der Waals surface area contributed by atoms with Crippen LogP contribution in [-0.2, 0) is 9.59 Å². The topological polar surface area (TPSA) is 84.9 Å². The number of hydrogen-bond acceptors (Lipinski definition) is 4. The minimum Gasteiger partial charge on any atom is -0.497 e. The summed E-state index contributed by atoms with van der Waals surface area (Å²) >= 11 is 0. The molecule has 1 aromatic rings. The number of nitrogens with one attached hydrogen (secondary N) is 1. The lowest BCUT2D eigenvalue weighted by atomic mass is 10.3. The summed E-state index contributed by atoms with van der Waals surface area (Å²) in [4.78, 5) is 20.8. The Morgan fingerprint density at radius 1 is 1.35 bits per heavy atom. The highest BCUT2D eigenvalue weighted by Gasteiger charge is 2.09. The van der Waals surface area contributed by atoms with E-state index in [1.54, 1.807) is 31.4 Å². The van der Waals surface area contributed by atoms with Gasteiger partial charge < -0.3 is 19.9 Å². The second-order valence-corrected chi connectivity index (χ2v) is 3.09. The third-order valence-electron chi connectivity index (χ3n) is 1.89. The van der Waals surface area contributed by atoms with E-state index in [0.29, 0.717) is 11.5 Å². The van der Waals surface area contributed by atoms with Crippen LogP contribution < -0.4 is 14.8 Å². The van der Waals surface area contributed by atoms with E-state index in [0.717, 1.165) is 0 Å². The van der Waals surface area contributed by atoms with Crippen molar-refractivity contribution >= 4 is 11.9 Å². The van der Waals surface area contributed by atoms with Gasteiger partial charge in [0.1, 0.15) is 18.1 Å². The average molecular weight is 239 g/mol. The fourth-order valence-electron chi connectivity index (χ4n) is 1.10. The van der Waals surface area contributed by atoms with Crippen molar-refractivity contribution in [3.63, 3.8) is 0 Å². The van der Waals surface area contributed by atoms with Crippen LogP contribution in [0.5, 0.6) is 11.5 Å². The van der Waals surface area contributed by atoms with Crippen LogP contribution in [0.15, 0.2) is 24.3 Å². The molecule has 0 spiro atoms. The minimum atomic E-state index is -1.51. The van der Waals surface area contributed by atoms with Crippen molar-refractivity contribution in [3.8, 4) is 11.5 Å². The molecule has 0 heterocycles. The molecule has 0 aromatic heterocycles. The molecule has 1 rings (SSSR count). The Morgan fingerprint density at radius 2 is 2.06 bits per heavy atom. The number of carboxylic acid groups (broad SMARTS) is 1. The zero-order valence-electron chi connectivity index (χ0n) is 9.30. The zero-order valence-corrected chi connectivity index (χ0v) is 9.30. The first-order chi connectivity index (χ1) is 8.13. The summed E-state index contributed by atoms with van der Waals surface area (Å²) in [5.41, 5.74) is 0. The number of benzene rings is 1. The van der Waals surface area contributed by atoms with Crippen molar-refractivity contribution in [2.45, 2.75) is 0 Å². The first kappa shape index (κ1) is 12.8. The summed E-state index contributed by atoms with van der Waals surface area (Å²) in [6.45, 7) is 0.314. The summed E-state index contributed by atoms with van der Waals surface area (Å²) in [5.74, 6) is -1.29. The lowest BCUT2D eigenvalue weighted by molar-refractivity contribution is -0.150. The number of rotatable bonds is 5. The SMILES string of the molecule is COc1cccc(OCCNC(=O)C(=O)O)c1. The maximum atomic E-state index is 10.7. The van der Waals surface area contributed by atoms with Crippen molar-refractivity contribution in [1.29, 1.82) is 0 Å². The largest absolute Gasteiger partial charge is 0.497 e. The number of carbonyl (C=O) groups is 2. The van der Waals surface area contributed by atoms with E-state index in [1.807, 2.05) is 0 Å². The van der Waals surface area contributed by atoms with Crippen LogP contribution in [0.2, 0.25) is 0 Å². The maximum Gasteiger partial charge on any atom is 0.394 e. The molecule has 0 saturated heterocycles. The van der Waals surface area contributed by atoms with E-state index in [9.17, 15) is 9.59 Å². The quantitative estimate of drug-likeness (QED) is 0.569. The fraction of sp³-hybridized carbons (Fsp3) is 0.273. The van der Waals surface area contributed by atoms with Gasteiger partial charge >= 0.3 is 11.9 Å². The second kappa shape index (κ2) is 6.37. The molecular formula is C11H13NO5. The van der Waals surface area contributed by atoms with E-state index in [1.165, 1.54) is 0 Å². The third-order valence-corrected chi connectivity index (χ3v) is 1.89. The van der Waals surface area contributed by atoms with Crippen molar-refractivity contribution in [3.05, 3.63) is 24.3 Å². The number of ether oxygens (including phenoxy) is 2. The molecule has 17 heavy (non-hydrogen) atoms. The molecular weight excluding hydrogens is 226 g/mol. The Bertz CT molecular complexity index is 405. The number of carbonyl (C=O) groups excluding carboxylic acids is 1. The smallest absolute Gasteiger partial charge is 0.394 e. The molecule has 0 unspecified atom stereocenters. The Morgan fingerprint density at radius 3 is 2.71 bits per heavy atom. The zero-order chi connectivity index (χ0) is 12.7. The molecule has 0 radical (unpaired) electrons. The number of methoxy groups -OCH3 is 1. The van der Waals surface area contributed by atoms with Crippen molar-refractivity contribution in [2.75, 3.05) is 20.3 Å². The molecule has 1 aromatic carbocycles. The van der Waals surface area contributed by atoms with Crippen LogP contribution in [0.1, 0.15) is 0 Å². The van der Waals surface area contributed by atoms with Crippen molar-refractivity contribution < 1.29 is 24.2 Å². The Balaban J connectivity index is 2.31. The first-order valence-corrected chi connectivity index (χ1v) is 4.91. The minimum absolute atomic E-state index is 0.127. The van der Waals surface area contributed by atoms with Gasteiger partial charge in [-0.25, -0.2) is 4.79 Å². The highest BCUT2D eigenvalue weighted by molar-refractivity contribution is 6.31. The monoisotopic (exact) mass is 239 g/mol. The summed E-state index contributed by atoms with van der Waals surface area (Å²) in [6.07, 6.45) is 0. The van der Waals surface area contributed by atoms with Gasteiger partial charge in [0.05, 0.1) is 13.7 Å². The van der Waals surface area contributed by atoms with Gasteiger partial charge in [-0.3, -0.25) is 4.79 Å². The summed E-state index contributed by atoms with van der Waals surface area (Å²) in [6, 6.07) is 6.98. The average Bonchev–Trinajstić information content (AvgIpc) is 2.34. The number of amides is 1. The normalized spacial score (nSPS) is 9.47. The van der Waals surface area contributed by atoms with Crippen molar-refractivity contribution in [2.24, 2.45) is 0 Å². The van der Waals surface area contributed by atoms with Crippen LogP contribution in [0, 0.1) is 0 Å². The molecule has 0 atom stereocenters. The van der Waals surface area contributed by atoms with Gasteiger partial charge in [0.2, 0.25) is 0 Å². The van der Waals surface area contributed by atoms with Gasteiger partial charge in [0.15, 0.2) is 0 Å². The molecule has 1 amide bonds. The molecule has 0 fully saturated rings. The Kier molecular flexibility index (Phi) is 4.80. The van der Waals surface area contributed by atoms with Gasteiger partial charge in [-0.15, -0.1) is 0 Å². The molecule has 2 N–H and O–H groups in total. The van der Waals surface area contributed by atoms with Crippen LogP contribution >= 0.6 is 0 Å². The van der Waals surface area contributed by atoms with Crippen LogP contribution in [0.4, 0.5) is 0 Å². The number of carboxylic acids is 1. The van der Waals surface area contributed by atoms with Crippen LogP contribution in [0.25, 0.3) is 0 Å². The van der Waals surface area contributed by atoms with Crippen LogP contribution in [0.3, 0.4) is 0 Å². The lowest BCUT2D eigenvalue weighted by Crippen LogP contribution is -2.33. The maximum absolute atomic E-state index is 10.7. The molecule has 0 bridgehead atoms. The van der Waals surface area contributed by atoms with Crippen molar-refractivity contribution in [1.82, 2.24) is 5.32 Å².